The minimum Gasteiger partial charge on any atom is -2.00 e. The molecule has 0 bridgehead atoms. The molecule has 0 amide bonds. The maximum atomic E-state index is 8.52. The quantitative estimate of drug-likeness (QED) is 0.314. The summed E-state index contributed by atoms with van der Waals surface area (Å²) in [6, 6.07) is 9.64. The molecule has 0 aliphatic heterocycles. The summed E-state index contributed by atoms with van der Waals surface area (Å²) in [6.45, 7) is 0. The van der Waals surface area contributed by atoms with Crippen LogP contribution in [0.5, 0.6) is 0 Å². The summed E-state index contributed by atoms with van der Waals surface area (Å²) in [6.07, 6.45) is 3.52. The van der Waals surface area contributed by atoms with Crippen molar-refractivity contribution in [2.45, 2.75) is 0 Å². The van der Waals surface area contributed by atoms with Gasteiger partial charge < -0.3 is 20.1 Å². The second-order valence-corrected chi connectivity index (χ2v) is 4.97. The molecule has 11 heteroatoms. The average Bonchev–Trinajstić information content (AvgIpc) is 2.37. The Hall–Kier alpha value is -1.30. The fourth-order valence-corrected chi connectivity index (χ4v) is 2.00. The molecule has 2 aromatic heterocycles. The minimum atomic E-state index is -5.17. The van der Waals surface area contributed by atoms with Crippen LogP contribution < -0.4 is 0 Å². The van der Waals surface area contributed by atoms with Gasteiger partial charge in [0.1, 0.15) is 0 Å². The summed E-state index contributed by atoms with van der Waals surface area (Å²) < 4.78 is 34.1. The number of aromatic nitrogens is 2. The van der Waals surface area contributed by atoms with Crippen LogP contribution >= 0.6 is 11.6 Å². The Kier molecular flexibility index (Phi) is 10.2. The molecule has 1 radical (unpaired) electrons. The van der Waals surface area contributed by atoms with Crippen LogP contribution in [0, 0.1) is 0 Å². The van der Waals surface area contributed by atoms with E-state index in [1.807, 2.05) is 30.3 Å². The third-order valence-corrected chi connectivity index (χ3v) is 2.72. The molecule has 23 heavy (non-hydrogen) atoms. The fraction of sp³-hybridized carbons (Fsp3) is 0. The zero-order valence-corrected chi connectivity index (χ0v) is 14.2. The molecule has 3 rings (SSSR count). The van der Waals surface area contributed by atoms with Gasteiger partial charge >= 0.3 is 18.6 Å². The largest absolute Gasteiger partial charge is 2.00 e. The van der Waals surface area contributed by atoms with E-state index >= 15 is 0 Å². The standard InChI is InChI=1S/C12H7ClN2.H2O4S.H2O.O.V/c13-10-7-8-3-1-5-14-11(8)12-9(10)4-2-6-15-12;1-5(2,3)4;;;/h1-7H;(H2,1,2,3,4);1H2;;/q;;;-2;+2/p-2. The average molecular weight is 396 g/mol. The molecule has 2 heterocycles. The van der Waals surface area contributed by atoms with Crippen LogP contribution in [-0.4, -0.2) is 33.0 Å². The predicted molar refractivity (Wildman–Crippen MR) is 76.8 cm³/mol. The van der Waals surface area contributed by atoms with E-state index in [1.165, 1.54) is 0 Å². The molecule has 8 nitrogen and oxygen atoms in total. The normalized spacial score (nSPS) is 9.70. The molecule has 1 aromatic carbocycles. The number of rotatable bonds is 0. The van der Waals surface area contributed by atoms with Crippen LogP contribution in [0.25, 0.3) is 21.8 Å². The van der Waals surface area contributed by atoms with E-state index in [0.717, 1.165) is 26.8 Å². The Morgan fingerprint density at radius 3 is 2.04 bits per heavy atom. The summed E-state index contributed by atoms with van der Waals surface area (Å²) in [5, 5.41) is 2.69. The van der Waals surface area contributed by atoms with Crippen LogP contribution in [0.15, 0.2) is 42.7 Å². The molecule has 0 aliphatic rings. The van der Waals surface area contributed by atoms with E-state index in [4.69, 9.17) is 29.1 Å². The molecule has 0 aliphatic carbocycles. The van der Waals surface area contributed by atoms with Crippen molar-refractivity contribution in [2.24, 2.45) is 0 Å². The van der Waals surface area contributed by atoms with Crippen molar-refractivity contribution in [3.8, 4) is 0 Å². The zero-order chi connectivity index (χ0) is 14.8. The summed E-state index contributed by atoms with van der Waals surface area (Å²) in [4.78, 5) is 8.65. The number of hydrogen-bond acceptors (Lipinski definition) is 6. The van der Waals surface area contributed by atoms with Crippen molar-refractivity contribution in [2.75, 3.05) is 0 Å². The second kappa shape index (κ2) is 9.76. The number of hydrogen-bond donors (Lipinski definition) is 0. The van der Waals surface area contributed by atoms with Crippen molar-refractivity contribution in [1.82, 2.24) is 9.97 Å². The van der Waals surface area contributed by atoms with Gasteiger partial charge in [-0.1, -0.05) is 17.7 Å². The number of halogens is 1. The molecule has 3 aromatic rings. The molecular formula is C12H9ClN2O6SV-2. The Morgan fingerprint density at radius 1 is 1.00 bits per heavy atom. The monoisotopic (exact) mass is 395 g/mol. The van der Waals surface area contributed by atoms with E-state index in [-0.39, 0.29) is 29.5 Å². The van der Waals surface area contributed by atoms with Gasteiger partial charge in [-0.15, -0.1) is 0 Å². The summed E-state index contributed by atoms with van der Waals surface area (Å²) in [7, 11) is -5.17. The van der Waals surface area contributed by atoms with Crippen LogP contribution in [0.3, 0.4) is 0 Å². The summed E-state index contributed by atoms with van der Waals surface area (Å²) in [5.74, 6) is 0. The second-order valence-electron chi connectivity index (χ2n) is 3.74. The van der Waals surface area contributed by atoms with Crippen LogP contribution in [0.2, 0.25) is 5.02 Å². The van der Waals surface area contributed by atoms with Gasteiger partial charge in [0.15, 0.2) is 0 Å². The first-order chi connectivity index (χ1) is 9.36. The SMILES string of the molecule is Clc1cc2cccnc2c2ncccc12.O.O=S(=O)([O-])[O-].[O-2].[V+2]. The first kappa shape index (κ1) is 24.0. The molecule has 0 saturated carbocycles. The zero-order valence-electron chi connectivity index (χ0n) is 11.2. The summed E-state index contributed by atoms with van der Waals surface area (Å²) in [5.41, 5.74) is 1.76. The van der Waals surface area contributed by atoms with Gasteiger partial charge in [-0.2, -0.15) is 0 Å². The predicted octanol–water partition coefficient (Wildman–Crippen LogP) is 1.15. The first-order valence-corrected chi connectivity index (χ1v) is 7.02. The Morgan fingerprint density at radius 2 is 1.48 bits per heavy atom. The third kappa shape index (κ3) is 6.77. The Labute approximate surface area is 148 Å². The fourth-order valence-electron chi connectivity index (χ4n) is 1.73. The minimum absolute atomic E-state index is 0. The van der Waals surface area contributed by atoms with Gasteiger partial charge in [-0.05, 0) is 24.3 Å². The smallest absolute Gasteiger partial charge is 2.00 e. The topological polar surface area (TPSA) is 166 Å². The number of pyridine rings is 2. The van der Waals surface area contributed by atoms with Crippen molar-refractivity contribution in [1.29, 1.82) is 0 Å². The Balaban J connectivity index is 0. The van der Waals surface area contributed by atoms with E-state index in [0.29, 0.717) is 0 Å². The molecule has 0 saturated heterocycles. The number of fused-ring (bicyclic) bond motifs is 3. The Bertz CT molecular complexity index is 870. The number of nitrogens with zero attached hydrogens (tertiary/aromatic N) is 2. The molecule has 2 N–H and O–H groups in total. The van der Waals surface area contributed by atoms with Gasteiger partial charge in [0.05, 0.1) is 16.1 Å². The third-order valence-electron chi connectivity index (χ3n) is 2.41. The maximum Gasteiger partial charge on any atom is 2.00 e. The van der Waals surface area contributed by atoms with Crippen LogP contribution in [0.4, 0.5) is 0 Å². The van der Waals surface area contributed by atoms with E-state index < -0.39 is 10.4 Å². The molecular weight excluding hydrogens is 387 g/mol. The molecule has 0 spiro atoms. The number of benzene rings is 1. The molecule has 123 valence electrons. The van der Waals surface area contributed by atoms with Gasteiger partial charge in [-0.25, -0.2) is 0 Å². The summed E-state index contributed by atoms with van der Waals surface area (Å²) >= 11 is 6.17. The molecule has 0 fully saturated rings. The molecule has 0 unspecified atom stereocenters. The van der Waals surface area contributed by atoms with Crippen molar-refractivity contribution in [3.05, 3.63) is 47.7 Å². The van der Waals surface area contributed by atoms with Crippen molar-refractivity contribution >= 4 is 43.8 Å². The van der Waals surface area contributed by atoms with Crippen LogP contribution in [-0.2, 0) is 34.4 Å². The van der Waals surface area contributed by atoms with Crippen molar-refractivity contribution in [3.63, 3.8) is 0 Å². The van der Waals surface area contributed by atoms with Gasteiger partial charge in [0.25, 0.3) is 0 Å². The molecule has 0 atom stereocenters. The van der Waals surface area contributed by atoms with E-state index in [9.17, 15) is 0 Å². The van der Waals surface area contributed by atoms with E-state index in [2.05, 4.69) is 9.97 Å². The van der Waals surface area contributed by atoms with Gasteiger partial charge in [-0.3, -0.25) is 18.4 Å². The van der Waals surface area contributed by atoms with Gasteiger partial charge in [0.2, 0.25) is 0 Å². The van der Waals surface area contributed by atoms with Gasteiger partial charge in [0, 0.05) is 33.6 Å². The maximum absolute atomic E-state index is 8.52. The van der Waals surface area contributed by atoms with Crippen LogP contribution in [0.1, 0.15) is 0 Å². The van der Waals surface area contributed by atoms with Crippen molar-refractivity contribution < 1.29 is 47.0 Å². The first-order valence-electron chi connectivity index (χ1n) is 5.31. The van der Waals surface area contributed by atoms with E-state index in [1.54, 1.807) is 12.4 Å².